The van der Waals surface area contributed by atoms with Crippen LogP contribution in [0.15, 0.2) is 29.2 Å². The van der Waals surface area contributed by atoms with Crippen LogP contribution < -0.4 is 5.32 Å². The maximum absolute atomic E-state index is 10.1. The van der Waals surface area contributed by atoms with E-state index in [1.165, 1.54) is 10.5 Å². The zero-order chi connectivity index (χ0) is 12.3. The van der Waals surface area contributed by atoms with Crippen molar-refractivity contribution in [3.05, 3.63) is 29.8 Å². The SMILES string of the molecule is CSCC(C)(O)CNC1CSc2ccccc21. The van der Waals surface area contributed by atoms with Gasteiger partial charge in [-0.3, -0.25) is 0 Å². The van der Waals surface area contributed by atoms with Gasteiger partial charge in [-0.25, -0.2) is 0 Å². The summed E-state index contributed by atoms with van der Waals surface area (Å²) in [6.07, 6.45) is 2.02. The van der Waals surface area contributed by atoms with E-state index < -0.39 is 5.60 Å². The summed E-state index contributed by atoms with van der Waals surface area (Å²) in [6.45, 7) is 2.54. The van der Waals surface area contributed by atoms with Crippen molar-refractivity contribution in [2.24, 2.45) is 0 Å². The fourth-order valence-corrected chi connectivity index (χ4v) is 3.96. The van der Waals surface area contributed by atoms with Gasteiger partial charge in [-0.1, -0.05) is 18.2 Å². The molecule has 0 aromatic heterocycles. The van der Waals surface area contributed by atoms with E-state index in [4.69, 9.17) is 0 Å². The quantitative estimate of drug-likeness (QED) is 0.860. The minimum absolute atomic E-state index is 0.379. The molecule has 1 aromatic rings. The molecular formula is C13H19NOS2. The average Bonchev–Trinajstić information content (AvgIpc) is 2.70. The topological polar surface area (TPSA) is 32.3 Å². The van der Waals surface area contributed by atoms with E-state index >= 15 is 0 Å². The lowest BCUT2D eigenvalue weighted by molar-refractivity contribution is 0.0823. The van der Waals surface area contributed by atoms with E-state index in [2.05, 4.69) is 29.6 Å². The van der Waals surface area contributed by atoms with Crippen molar-refractivity contribution in [1.29, 1.82) is 0 Å². The molecule has 0 bridgehead atoms. The van der Waals surface area contributed by atoms with Gasteiger partial charge in [-0.05, 0) is 24.8 Å². The summed E-state index contributed by atoms with van der Waals surface area (Å²) in [5.74, 6) is 1.83. The molecule has 1 heterocycles. The van der Waals surface area contributed by atoms with Gasteiger partial charge in [0.1, 0.15) is 0 Å². The number of thioether (sulfide) groups is 2. The lowest BCUT2D eigenvalue weighted by Crippen LogP contribution is -2.41. The highest BCUT2D eigenvalue weighted by molar-refractivity contribution is 7.99. The molecule has 17 heavy (non-hydrogen) atoms. The van der Waals surface area contributed by atoms with Crippen molar-refractivity contribution in [1.82, 2.24) is 5.32 Å². The summed E-state index contributed by atoms with van der Waals surface area (Å²) in [5.41, 5.74) is 0.749. The summed E-state index contributed by atoms with van der Waals surface area (Å²) in [5, 5.41) is 13.6. The maximum atomic E-state index is 10.1. The Morgan fingerprint density at radius 3 is 3.06 bits per heavy atom. The van der Waals surface area contributed by atoms with E-state index in [1.54, 1.807) is 11.8 Å². The Balaban J connectivity index is 1.94. The van der Waals surface area contributed by atoms with Crippen molar-refractivity contribution < 1.29 is 5.11 Å². The molecule has 1 aliphatic rings. The van der Waals surface area contributed by atoms with E-state index in [0.29, 0.717) is 12.6 Å². The van der Waals surface area contributed by atoms with Crippen LogP contribution in [0.5, 0.6) is 0 Å². The van der Waals surface area contributed by atoms with Crippen molar-refractivity contribution >= 4 is 23.5 Å². The predicted molar refractivity (Wildman–Crippen MR) is 76.9 cm³/mol. The summed E-state index contributed by atoms with van der Waals surface area (Å²) >= 11 is 3.57. The highest BCUT2D eigenvalue weighted by Gasteiger charge is 2.26. The molecule has 0 amide bonds. The fraction of sp³-hybridized carbons (Fsp3) is 0.538. The van der Waals surface area contributed by atoms with Crippen LogP contribution in [0, 0.1) is 0 Å². The first kappa shape index (κ1) is 13.3. The number of fused-ring (bicyclic) bond motifs is 1. The average molecular weight is 269 g/mol. The summed E-state index contributed by atoms with van der Waals surface area (Å²) < 4.78 is 0. The second-order valence-corrected chi connectivity index (χ2v) is 6.64. The van der Waals surface area contributed by atoms with Crippen LogP contribution in [0.2, 0.25) is 0 Å². The highest BCUT2D eigenvalue weighted by atomic mass is 32.2. The summed E-state index contributed by atoms with van der Waals surface area (Å²) in [6, 6.07) is 8.89. The van der Waals surface area contributed by atoms with E-state index in [1.807, 2.05) is 24.9 Å². The van der Waals surface area contributed by atoms with E-state index in [-0.39, 0.29) is 0 Å². The molecule has 0 saturated carbocycles. The van der Waals surface area contributed by atoms with Gasteiger partial charge in [-0.15, -0.1) is 11.8 Å². The zero-order valence-corrected chi connectivity index (χ0v) is 11.9. The smallest absolute Gasteiger partial charge is 0.0833 e. The maximum Gasteiger partial charge on any atom is 0.0833 e. The van der Waals surface area contributed by atoms with Crippen LogP contribution >= 0.6 is 23.5 Å². The number of rotatable bonds is 5. The minimum Gasteiger partial charge on any atom is -0.388 e. The van der Waals surface area contributed by atoms with Crippen molar-refractivity contribution in [3.63, 3.8) is 0 Å². The van der Waals surface area contributed by atoms with Crippen LogP contribution in [-0.2, 0) is 0 Å². The molecule has 0 radical (unpaired) electrons. The number of hydrogen-bond acceptors (Lipinski definition) is 4. The third kappa shape index (κ3) is 3.41. The molecule has 1 aromatic carbocycles. The van der Waals surface area contributed by atoms with Crippen LogP contribution in [0.4, 0.5) is 0 Å². The molecule has 0 spiro atoms. The van der Waals surface area contributed by atoms with Gasteiger partial charge in [-0.2, -0.15) is 11.8 Å². The number of hydrogen-bond donors (Lipinski definition) is 2. The van der Waals surface area contributed by atoms with Gasteiger partial charge >= 0.3 is 0 Å². The molecule has 2 rings (SSSR count). The molecule has 2 unspecified atom stereocenters. The lowest BCUT2D eigenvalue weighted by Gasteiger charge is -2.25. The first-order valence-corrected chi connectivity index (χ1v) is 8.17. The van der Waals surface area contributed by atoms with E-state index in [9.17, 15) is 5.11 Å². The van der Waals surface area contributed by atoms with Crippen LogP contribution in [-0.4, -0.2) is 35.0 Å². The molecule has 4 heteroatoms. The molecule has 1 aliphatic heterocycles. The molecule has 0 fully saturated rings. The van der Waals surface area contributed by atoms with Crippen molar-refractivity contribution in [3.8, 4) is 0 Å². The second kappa shape index (κ2) is 5.65. The predicted octanol–water partition coefficient (Wildman–Crippen LogP) is 2.54. The first-order chi connectivity index (χ1) is 8.12. The molecule has 94 valence electrons. The van der Waals surface area contributed by atoms with Crippen molar-refractivity contribution in [2.45, 2.75) is 23.5 Å². The third-order valence-corrected chi connectivity index (χ3v) is 4.98. The second-order valence-electron chi connectivity index (χ2n) is 4.71. The number of nitrogens with one attached hydrogen (secondary N) is 1. The molecule has 0 aliphatic carbocycles. The molecule has 0 saturated heterocycles. The molecule has 2 atom stereocenters. The standard InChI is InChI=1S/C13H19NOS2/c1-13(15,9-16-2)8-14-11-7-17-12-6-4-3-5-10(11)12/h3-6,11,14-15H,7-9H2,1-2H3. The largest absolute Gasteiger partial charge is 0.388 e. The normalized spacial score (nSPS) is 22.2. The Morgan fingerprint density at radius 2 is 2.29 bits per heavy atom. The van der Waals surface area contributed by atoms with Gasteiger partial charge in [0, 0.05) is 29.0 Å². The zero-order valence-electron chi connectivity index (χ0n) is 10.3. The van der Waals surface area contributed by atoms with E-state index in [0.717, 1.165) is 11.5 Å². The van der Waals surface area contributed by atoms with Crippen LogP contribution in [0.3, 0.4) is 0 Å². The van der Waals surface area contributed by atoms with Gasteiger partial charge in [0.2, 0.25) is 0 Å². The minimum atomic E-state index is -0.623. The molecule has 2 N–H and O–H groups in total. The number of aliphatic hydroxyl groups is 1. The monoisotopic (exact) mass is 269 g/mol. The Hall–Kier alpha value is -0.160. The van der Waals surface area contributed by atoms with Gasteiger partial charge in [0.05, 0.1) is 5.60 Å². The van der Waals surface area contributed by atoms with Crippen LogP contribution in [0.25, 0.3) is 0 Å². The summed E-state index contributed by atoms with van der Waals surface area (Å²) in [7, 11) is 0. The fourth-order valence-electron chi connectivity index (χ4n) is 2.04. The number of benzene rings is 1. The Kier molecular flexibility index (Phi) is 4.42. The third-order valence-electron chi connectivity index (χ3n) is 2.88. The van der Waals surface area contributed by atoms with Gasteiger partial charge in [0.25, 0.3) is 0 Å². The van der Waals surface area contributed by atoms with Gasteiger partial charge < -0.3 is 10.4 Å². The highest BCUT2D eigenvalue weighted by Crippen LogP contribution is 2.37. The molecule has 2 nitrogen and oxygen atoms in total. The molecular weight excluding hydrogens is 250 g/mol. The van der Waals surface area contributed by atoms with Crippen LogP contribution in [0.1, 0.15) is 18.5 Å². The Morgan fingerprint density at radius 1 is 1.53 bits per heavy atom. The first-order valence-electron chi connectivity index (χ1n) is 5.79. The van der Waals surface area contributed by atoms with Gasteiger partial charge in [0.15, 0.2) is 0 Å². The Labute approximate surface area is 112 Å². The lowest BCUT2D eigenvalue weighted by atomic mass is 10.1. The Bertz CT molecular complexity index is 381. The van der Waals surface area contributed by atoms with Crippen molar-refractivity contribution in [2.75, 3.05) is 24.3 Å². The summed E-state index contributed by atoms with van der Waals surface area (Å²) in [4.78, 5) is 1.37.